The summed E-state index contributed by atoms with van der Waals surface area (Å²) in [5.74, 6) is 1.51. The SMILES string of the molecule is CNCc1cnc(-c2cc(Br)cs2)nc1C1CC1. The van der Waals surface area contributed by atoms with Crippen LogP contribution in [0.5, 0.6) is 0 Å². The van der Waals surface area contributed by atoms with Crippen LogP contribution in [0.15, 0.2) is 22.1 Å². The van der Waals surface area contributed by atoms with Crippen molar-refractivity contribution in [3.05, 3.63) is 33.4 Å². The number of aromatic nitrogens is 2. The van der Waals surface area contributed by atoms with E-state index in [4.69, 9.17) is 4.98 Å². The van der Waals surface area contributed by atoms with Gasteiger partial charge in [0.2, 0.25) is 0 Å². The Bertz CT molecular complexity index is 563. The molecule has 0 saturated heterocycles. The molecule has 2 aromatic heterocycles. The average molecular weight is 324 g/mol. The first-order valence-corrected chi connectivity index (χ1v) is 7.70. The van der Waals surface area contributed by atoms with Crippen molar-refractivity contribution < 1.29 is 0 Å². The number of halogens is 1. The Morgan fingerprint density at radius 2 is 2.33 bits per heavy atom. The Hall–Kier alpha value is -0.780. The molecule has 1 N–H and O–H groups in total. The molecule has 18 heavy (non-hydrogen) atoms. The smallest absolute Gasteiger partial charge is 0.169 e. The lowest BCUT2D eigenvalue weighted by atomic mass is 10.1. The van der Waals surface area contributed by atoms with Crippen molar-refractivity contribution in [1.82, 2.24) is 15.3 Å². The molecule has 0 spiro atoms. The standard InChI is InChI=1S/C13H14BrN3S/c1-15-5-9-6-16-13(11-4-10(14)7-18-11)17-12(9)8-2-3-8/h4,6-8,15H,2-3,5H2,1H3. The van der Waals surface area contributed by atoms with Gasteiger partial charge in [0.05, 0.1) is 10.6 Å². The zero-order chi connectivity index (χ0) is 12.5. The van der Waals surface area contributed by atoms with Crippen molar-refractivity contribution in [2.24, 2.45) is 0 Å². The second-order valence-corrected chi connectivity index (χ2v) is 6.36. The van der Waals surface area contributed by atoms with Gasteiger partial charge in [-0.25, -0.2) is 9.97 Å². The van der Waals surface area contributed by atoms with Crippen LogP contribution < -0.4 is 5.32 Å². The molecule has 0 bridgehead atoms. The van der Waals surface area contributed by atoms with Gasteiger partial charge in [-0.1, -0.05) is 0 Å². The minimum Gasteiger partial charge on any atom is -0.316 e. The topological polar surface area (TPSA) is 37.8 Å². The van der Waals surface area contributed by atoms with E-state index >= 15 is 0 Å². The Morgan fingerprint density at radius 3 is 2.94 bits per heavy atom. The fraction of sp³-hybridized carbons (Fsp3) is 0.385. The number of hydrogen-bond donors (Lipinski definition) is 1. The zero-order valence-corrected chi connectivity index (χ0v) is 12.5. The Labute approximate surface area is 119 Å². The minimum absolute atomic E-state index is 0.651. The Kier molecular flexibility index (Phi) is 3.46. The Morgan fingerprint density at radius 1 is 1.50 bits per heavy atom. The van der Waals surface area contributed by atoms with Gasteiger partial charge in [-0.2, -0.15) is 0 Å². The van der Waals surface area contributed by atoms with Crippen molar-refractivity contribution in [1.29, 1.82) is 0 Å². The summed E-state index contributed by atoms with van der Waals surface area (Å²) < 4.78 is 1.10. The fourth-order valence-corrected chi connectivity index (χ4v) is 3.37. The molecule has 3 nitrogen and oxygen atoms in total. The normalized spacial score (nSPS) is 15.0. The van der Waals surface area contributed by atoms with E-state index < -0.39 is 0 Å². The summed E-state index contributed by atoms with van der Waals surface area (Å²) in [4.78, 5) is 10.4. The molecule has 2 heterocycles. The summed E-state index contributed by atoms with van der Waals surface area (Å²) in [7, 11) is 1.96. The second-order valence-electron chi connectivity index (χ2n) is 4.54. The number of nitrogens with zero attached hydrogens (tertiary/aromatic N) is 2. The number of nitrogens with one attached hydrogen (secondary N) is 1. The molecule has 0 amide bonds. The van der Waals surface area contributed by atoms with Crippen LogP contribution in [-0.2, 0) is 6.54 Å². The summed E-state index contributed by atoms with van der Waals surface area (Å²) in [5, 5.41) is 5.25. The molecule has 2 aromatic rings. The molecular formula is C13H14BrN3S. The maximum atomic E-state index is 4.78. The molecule has 0 unspecified atom stereocenters. The maximum Gasteiger partial charge on any atom is 0.169 e. The summed E-state index contributed by atoms with van der Waals surface area (Å²) in [5.41, 5.74) is 2.47. The molecule has 0 atom stereocenters. The second kappa shape index (κ2) is 5.07. The predicted molar refractivity (Wildman–Crippen MR) is 77.8 cm³/mol. The molecule has 0 aliphatic heterocycles. The van der Waals surface area contributed by atoms with E-state index in [2.05, 4.69) is 37.7 Å². The Balaban J connectivity index is 1.99. The highest BCUT2D eigenvalue weighted by Gasteiger charge is 2.28. The van der Waals surface area contributed by atoms with E-state index in [1.165, 1.54) is 24.1 Å². The predicted octanol–water partition coefficient (Wildman–Crippen LogP) is 3.56. The largest absolute Gasteiger partial charge is 0.316 e. The van der Waals surface area contributed by atoms with Crippen LogP contribution >= 0.6 is 27.3 Å². The average Bonchev–Trinajstić information content (AvgIpc) is 3.13. The highest BCUT2D eigenvalue weighted by molar-refractivity contribution is 9.10. The van der Waals surface area contributed by atoms with Crippen LogP contribution in [-0.4, -0.2) is 17.0 Å². The van der Waals surface area contributed by atoms with Crippen LogP contribution in [0.2, 0.25) is 0 Å². The van der Waals surface area contributed by atoms with Crippen molar-refractivity contribution in [2.45, 2.75) is 25.3 Å². The number of rotatable bonds is 4. The van der Waals surface area contributed by atoms with Crippen molar-refractivity contribution in [3.63, 3.8) is 0 Å². The van der Waals surface area contributed by atoms with E-state index in [0.29, 0.717) is 5.92 Å². The van der Waals surface area contributed by atoms with Crippen LogP contribution in [0.4, 0.5) is 0 Å². The quantitative estimate of drug-likeness (QED) is 0.934. The molecule has 1 saturated carbocycles. The summed E-state index contributed by atoms with van der Waals surface area (Å²) in [6.45, 7) is 0.847. The van der Waals surface area contributed by atoms with E-state index in [0.717, 1.165) is 21.7 Å². The van der Waals surface area contributed by atoms with E-state index in [1.807, 2.05) is 13.2 Å². The van der Waals surface area contributed by atoms with Crippen molar-refractivity contribution in [3.8, 4) is 10.7 Å². The van der Waals surface area contributed by atoms with Crippen LogP contribution in [0, 0.1) is 0 Å². The lowest BCUT2D eigenvalue weighted by molar-refractivity contribution is 0.784. The minimum atomic E-state index is 0.651. The maximum absolute atomic E-state index is 4.78. The van der Waals surface area contributed by atoms with Gasteiger partial charge in [-0.3, -0.25) is 0 Å². The van der Waals surface area contributed by atoms with E-state index in [9.17, 15) is 0 Å². The zero-order valence-electron chi connectivity index (χ0n) is 10.1. The highest BCUT2D eigenvalue weighted by atomic mass is 79.9. The van der Waals surface area contributed by atoms with Gasteiger partial charge in [0.15, 0.2) is 5.82 Å². The third-order valence-electron chi connectivity index (χ3n) is 3.02. The van der Waals surface area contributed by atoms with Crippen LogP contribution in [0.1, 0.15) is 30.0 Å². The molecule has 3 rings (SSSR count). The highest BCUT2D eigenvalue weighted by Crippen LogP contribution is 2.41. The van der Waals surface area contributed by atoms with Gasteiger partial charge in [0, 0.05) is 34.1 Å². The lowest BCUT2D eigenvalue weighted by Gasteiger charge is -2.08. The van der Waals surface area contributed by atoms with Gasteiger partial charge in [-0.15, -0.1) is 11.3 Å². The van der Waals surface area contributed by atoms with E-state index in [1.54, 1.807) is 11.3 Å². The molecule has 1 aliphatic rings. The lowest BCUT2D eigenvalue weighted by Crippen LogP contribution is -2.10. The molecule has 5 heteroatoms. The van der Waals surface area contributed by atoms with Crippen molar-refractivity contribution in [2.75, 3.05) is 7.05 Å². The van der Waals surface area contributed by atoms with Crippen LogP contribution in [0.3, 0.4) is 0 Å². The van der Waals surface area contributed by atoms with Gasteiger partial charge < -0.3 is 5.32 Å². The fourth-order valence-electron chi connectivity index (χ4n) is 2.01. The van der Waals surface area contributed by atoms with Crippen molar-refractivity contribution >= 4 is 27.3 Å². The third-order valence-corrected chi connectivity index (χ3v) is 4.70. The number of thiophene rings is 1. The molecule has 1 aliphatic carbocycles. The monoisotopic (exact) mass is 323 g/mol. The van der Waals surface area contributed by atoms with Gasteiger partial charge in [-0.05, 0) is 41.9 Å². The first kappa shape index (κ1) is 12.3. The summed E-state index contributed by atoms with van der Waals surface area (Å²) >= 11 is 5.15. The first-order valence-electron chi connectivity index (χ1n) is 6.02. The first-order chi connectivity index (χ1) is 8.78. The molecular weight excluding hydrogens is 310 g/mol. The number of hydrogen-bond acceptors (Lipinski definition) is 4. The van der Waals surface area contributed by atoms with Gasteiger partial charge in [0.1, 0.15) is 0 Å². The van der Waals surface area contributed by atoms with E-state index in [-0.39, 0.29) is 0 Å². The molecule has 1 fully saturated rings. The third kappa shape index (κ3) is 2.48. The molecule has 94 valence electrons. The summed E-state index contributed by atoms with van der Waals surface area (Å²) in [6.07, 6.45) is 4.50. The summed E-state index contributed by atoms with van der Waals surface area (Å²) in [6, 6.07) is 2.08. The molecule has 0 radical (unpaired) electrons. The molecule has 0 aromatic carbocycles. The van der Waals surface area contributed by atoms with Gasteiger partial charge >= 0.3 is 0 Å². The van der Waals surface area contributed by atoms with Crippen LogP contribution in [0.25, 0.3) is 10.7 Å². The van der Waals surface area contributed by atoms with Gasteiger partial charge in [0.25, 0.3) is 0 Å².